The van der Waals surface area contributed by atoms with E-state index in [0.717, 1.165) is 22.2 Å². The molecule has 0 amide bonds. The van der Waals surface area contributed by atoms with Crippen LogP contribution in [-0.2, 0) is 0 Å². The van der Waals surface area contributed by atoms with Crippen molar-refractivity contribution in [3.8, 4) is 0 Å². The molecule has 0 radical (unpaired) electrons. The van der Waals surface area contributed by atoms with Gasteiger partial charge in [0, 0.05) is 34.0 Å². The van der Waals surface area contributed by atoms with E-state index in [1.807, 2.05) is 18.3 Å². The van der Waals surface area contributed by atoms with Gasteiger partial charge < -0.3 is 10.2 Å². The molecule has 2 rings (SSSR count). The summed E-state index contributed by atoms with van der Waals surface area (Å²) in [5.74, 6) is 0.947. The number of nitrogens with zero attached hydrogens (tertiary/aromatic N) is 2. The van der Waals surface area contributed by atoms with Gasteiger partial charge in [-0.25, -0.2) is 4.98 Å². The van der Waals surface area contributed by atoms with Gasteiger partial charge in [-0.1, -0.05) is 28.1 Å². The van der Waals surface area contributed by atoms with Crippen LogP contribution >= 0.6 is 15.9 Å². The summed E-state index contributed by atoms with van der Waals surface area (Å²) >= 11 is 3.57. The number of anilines is 1. The van der Waals surface area contributed by atoms with E-state index in [0.29, 0.717) is 6.04 Å². The number of hydrogen-bond acceptors (Lipinski definition) is 3. The Kier molecular flexibility index (Phi) is 4.19. The maximum Gasteiger partial charge on any atom is 0.134 e. The van der Waals surface area contributed by atoms with Gasteiger partial charge in [-0.15, -0.1) is 0 Å². The molecule has 0 aliphatic rings. The minimum Gasteiger partial charge on any atom is -0.366 e. The minimum absolute atomic E-state index is 0.358. The van der Waals surface area contributed by atoms with Gasteiger partial charge in [0.2, 0.25) is 0 Å². The zero-order valence-electron chi connectivity index (χ0n) is 10.9. The van der Waals surface area contributed by atoms with Crippen LogP contribution in [0.25, 0.3) is 10.8 Å². The van der Waals surface area contributed by atoms with Crippen LogP contribution in [0.1, 0.15) is 6.92 Å². The van der Waals surface area contributed by atoms with Crippen molar-refractivity contribution in [2.24, 2.45) is 0 Å². The van der Waals surface area contributed by atoms with Crippen molar-refractivity contribution in [2.75, 3.05) is 26.0 Å². The molecule has 1 atom stereocenters. The Morgan fingerprint density at radius 1 is 1.28 bits per heavy atom. The Bertz CT molecular complexity index is 540. The first-order valence-electron chi connectivity index (χ1n) is 6.02. The Hall–Kier alpha value is -1.13. The van der Waals surface area contributed by atoms with Crippen LogP contribution in [-0.4, -0.2) is 36.6 Å². The van der Waals surface area contributed by atoms with Crippen molar-refractivity contribution in [1.82, 2.24) is 9.88 Å². The van der Waals surface area contributed by atoms with Crippen molar-refractivity contribution >= 4 is 32.5 Å². The molecule has 2 aromatic rings. The number of fused-ring (bicyclic) bond motifs is 1. The summed E-state index contributed by atoms with van der Waals surface area (Å²) in [6, 6.07) is 8.57. The molecule has 0 spiro atoms. The lowest BCUT2D eigenvalue weighted by Gasteiger charge is -2.19. The van der Waals surface area contributed by atoms with Gasteiger partial charge in [0.15, 0.2) is 0 Å². The second-order valence-electron chi connectivity index (χ2n) is 4.80. The molecule has 96 valence electrons. The smallest absolute Gasteiger partial charge is 0.134 e. The molecule has 0 aliphatic heterocycles. The van der Waals surface area contributed by atoms with Gasteiger partial charge >= 0.3 is 0 Å². The normalized spacial score (nSPS) is 12.9. The largest absolute Gasteiger partial charge is 0.366 e. The minimum atomic E-state index is 0.358. The molecule has 1 heterocycles. The molecule has 1 aromatic carbocycles. The summed E-state index contributed by atoms with van der Waals surface area (Å²) in [6.45, 7) is 3.14. The standard InChI is InChI=1S/C14H18BrN3/c1-10(9-18(2)3)17-14-12-5-4-6-13(15)11(12)7-8-16-14/h4-8,10H,9H2,1-3H3,(H,16,17). The van der Waals surface area contributed by atoms with Crippen molar-refractivity contribution in [1.29, 1.82) is 0 Å². The zero-order valence-corrected chi connectivity index (χ0v) is 12.5. The molecular weight excluding hydrogens is 290 g/mol. The Balaban J connectivity index is 2.31. The predicted molar refractivity (Wildman–Crippen MR) is 81.1 cm³/mol. The van der Waals surface area contributed by atoms with Crippen molar-refractivity contribution in [3.05, 3.63) is 34.9 Å². The number of benzene rings is 1. The van der Waals surface area contributed by atoms with Gasteiger partial charge in [0.05, 0.1) is 0 Å². The van der Waals surface area contributed by atoms with Crippen molar-refractivity contribution in [3.63, 3.8) is 0 Å². The number of nitrogens with one attached hydrogen (secondary N) is 1. The van der Waals surface area contributed by atoms with E-state index in [-0.39, 0.29) is 0 Å². The van der Waals surface area contributed by atoms with E-state index in [1.165, 1.54) is 5.39 Å². The fourth-order valence-electron chi connectivity index (χ4n) is 2.11. The molecule has 0 bridgehead atoms. The fraction of sp³-hybridized carbons (Fsp3) is 0.357. The first-order chi connectivity index (χ1) is 8.58. The molecule has 1 unspecified atom stereocenters. The van der Waals surface area contributed by atoms with Gasteiger partial charge in [-0.3, -0.25) is 0 Å². The Morgan fingerprint density at radius 3 is 2.78 bits per heavy atom. The zero-order chi connectivity index (χ0) is 13.1. The first kappa shape index (κ1) is 13.3. The number of aromatic nitrogens is 1. The number of rotatable bonds is 4. The summed E-state index contributed by atoms with van der Waals surface area (Å²) < 4.78 is 1.10. The van der Waals surface area contributed by atoms with Gasteiger partial charge in [0.25, 0.3) is 0 Å². The highest BCUT2D eigenvalue weighted by molar-refractivity contribution is 9.10. The number of likely N-dealkylation sites (N-methyl/N-ethyl adjacent to an activating group) is 1. The highest BCUT2D eigenvalue weighted by Gasteiger charge is 2.08. The lowest BCUT2D eigenvalue weighted by Crippen LogP contribution is -2.30. The highest BCUT2D eigenvalue weighted by Crippen LogP contribution is 2.27. The van der Waals surface area contributed by atoms with Crippen LogP contribution in [0.4, 0.5) is 5.82 Å². The molecule has 18 heavy (non-hydrogen) atoms. The van der Waals surface area contributed by atoms with Gasteiger partial charge in [0.1, 0.15) is 5.82 Å². The van der Waals surface area contributed by atoms with Crippen LogP contribution in [0, 0.1) is 0 Å². The number of hydrogen-bond donors (Lipinski definition) is 1. The average molecular weight is 308 g/mol. The summed E-state index contributed by atoms with van der Waals surface area (Å²) in [4.78, 5) is 6.61. The van der Waals surface area contributed by atoms with Crippen LogP contribution < -0.4 is 5.32 Å². The summed E-state index contributed by atoms with van der Waals surface area (Å²) in [7, 11) is 4.15. The maximum atomic E-state index is 4.44. The molecule has 0 fully saturated rings. The second kappa shape index (κ2) is 5.67. The molecule has 3 nitrogen and oxygen atoms in total. The molecule has 0 saturated carbocycles. The van der Waals surface area contributed by atoms with Crippen LogP contribution in [0.5, 0.6) is 0 Å². The third kappa shape index (κ3) is 3.00. The summed E-state index contributed by atoms with van der Waals surface area (Å²) in [5, 5.41) is 5.81. The predicted octanol–water partition coefficient (Wildman–Crippen LogP) is 3.36. The number of halogens is 1. The van der Waals surface area contributed by atoms with E-state index in [4.69, 9.17) is 0 Å². The number of pyridine rings is 1. The average Bonchev–Trinajstić information content (AvgIpc) is 2.29. The van der Waals surface area contributed by atoms with Crippen LogP contribution in [0.15, 0.2) is 34.9 Å². The fourth-order valence-corrected chi connectivity index (χ4v) is 2.61. The molecular formula is C14H18BrN3. The van der Waals surface area contributed by atoms with Crippen LogP contribution in [0.2, 0.25) is 0 Å². The molecule has 4 heteroatoms. The molecule has 0 saturated heterocycles. The van der Waals surface area contributed by atoms with E-state index in [1.54, 1.807) is 0 Å². The van der Waals surface area contributed by atoms with E-state index < -0.39 is 0 Å². The van der Waals surface area contributed by atoms with Crippen LogP contribution in [0.3, 0.4) is 0 Å². The molecule has 1 N–H and O–H groups in total. The highest BCUT2D eigenvalue weighted by atomic mass is 79.9. The SMILES string of the molecule is CC(CN(C)C)Nc1nccc2c(Br)cccc12. The quantitative estimate of drug-likeness (QED) is 0.939. The lowest BCUT2D eigenvalue weighted by atomic mass is 10.1. The Morgan fingerprint density at radius 2 is 2.06 bits per heavy atom. The third-order valence-corrected chi connectivity index (χ3v) is 3.47. The van der Waals surface area contributed by atoms with E-state index in [9.17, 15) is 0 Å². The maximum absolute atomic E-state index is 4.44. The van der Waals surface area contributed by atoms with Crippen molar-refractivity contribution < 1.29 is 0 Å². The molecule has 1 aromatic heterocycles. The Labute approximate surface area is 116 Å². The van der Waals surface area contributed by atoms with E-state index >= 15 is 0 Å². The van der Waals surface area contributed by atoms with Gasteiger partial charge in [-0.2, -0.15) is 0 Å². The monoisotopic (exact) mass is 307 g/mol. The van der Waals surface area contributed by atoms with Gasteiger partial charge in [-0.05, 0) is 33.2 Å². The van der Waals surface area contributed by atoms with E-state index in [2.05, 4.69) is 64.3 Å². The molecule has 0 aliphatic carbocycles. The first-order valence-corrected chi connectivity index (χ1v) is 6.81. The third-order valence-electron chi connectivity index (χ3n) is 2.78. The summed E-state index contributed by atoms with van der Waals surface area (Å²) in [5.41, 5.74) is 0. The second-order valence-corrected chi connectivity index (χ2v) is 5.66. The topological polar surface area (TPSA) is 28.2 Å². The summed E-state index contributed by atoms with van der Waals surface area (Å²) in [6.07, 6.45) is 1.85. The lowest BCUT2D eigenvalue weighted by molar-refractivity contribution is 0.392. The van der Waals surface area contributed by atoms with Crippen molar-refractivity contribution in [2.45, 2.75) is 13.0 Å².